The third kappa shape index (κ3) is 3.30. The van der Waals surface area contributed by atoms with Crippen molar-refractivity contribution < 1.29 is 9.50 Å². The lowest BCUT2D eigenvalue weighted by Gasteiger charge is -2.39. The van der Waals surface area contributed by atoms with E-state index in [1.807, 2.05) is 13.1 Å². The van der Waals surface area contributed by atoms with E-state index in [2.05, 4.69) is 15.0 Å². The van der Waals surface area contributed by atoms with E-state index in [-0.39, 0.29) is 18.0 Å². The normalized spacial score (nSPS) is 20.3. The van der Waals surface area contributed by atoms with Gasteiger partial charge in [-0.1, -0.05) is 12.1 Å². The molecule has 0 bridgehead atoms. The monoisotopic (exact) mass is 353 g/mol. The molecule has 2 unspecified atom stereocenters. The molecule has 0 saturated carbocycles. The quantitative estimate of drug-likeness (QED) is 0.784. The second-order valence-electron chi connectivity index (χ2n) is 6.64. The first kappa shape index (κ1) is 16.7. The molecule has 0 amide bonds. The molecule has 26 heavy (non-hydrogen) atoms. The molecular weight excluding hydrogens is 333 g/mol. The number of hydrogen-bond donors (Lipinski definition) is 1. The number of piperidine rings is 1. The second-order valence-corrected chi connectivity index (χ2v) is 6.64. The zero-order valence-electron chi connectivity index (χ0n) is 14.5. The van der Waals surface area contributed by atoms with E-state index in [1.165, 1.54) is 12.1 Å². The molecule has 3 aromatic rings. The Hall–Kier alpha value is -2.80. The lowest BCUT2D eigenvalue weighted by Crippen LogP contribution is -2.39. The highest BCUT2D eigenvalue weighted by atomic mass is 19.1. The molecule has 2 atom stereocenters. The number of aryl methyl sites for hydroxylation is 1. The Morgan fingerprint density at radius 3 is 2.62 bits per heavy atom. The van der Waals surface area contributed by atoms with Gasteiger partial charge in [0.2, 0.25) is 0 Å². The fraction of sp³-hybridized carbons (Fsp3) is 0.316. The van der Waals surface area contributed by atoms with Crippen LogP contribution in [0.4, 0.5) is 10.2 Å². The van der Waals surface area contributed by atoms with Crippen molar-refractivity contribution in [2.45, 2.75) is 31.9 Å². The van der Waals surface area contributed by atoms with E-state index >= 15 is 0 Å². The van der Waals surface area contributed by atoms with Crippen LogP contribution >= 0.6 is 0 Å². The van der Waals surface area contributed by atoms with Crippen LogP contribution in [-0.2, 0) is 0 Å². The van der Waals surface area contributed by atoms with Gasteiger partial charge >= 0.3 is 0 Å². The average Bonchev–Trinajstić information content (AvgIpc) is 3.09. The Balaban J connectivity index is 1.69. The van der Waals surface area contributed by atoms with Gasteiger partial charge in [-0.15, -0.1) is 0 Å². The predicted molar refractivity (Wildman–Crippen MR) is 95.6 cm³/mol. The number of hydrogen-bond acceptors (Lipinski definition) is 5. The van der Waals surface area contributed by atoms with Crippen LogP contribution < -0.4 is 4.90 Å². The van der Waals surface area contributed by atoms with Crippen molar-refractivity contribution in [1.29, 1.82) is 0 Å². The third-order valence-corrected chi connectivity index (χ3v) is 4.68. The number of aromatic nitrogens is 4. The van der Waals surface area contributed by atoms with Crippen molar-refractivity contribution in [2.75, 3.05) is 11.4 Å². The summed E-state index contributed by atoms with van der Waals surface area (Å²) in [5.41, 5.74) is 2.00. The van der Waals surface area contributed by atoms with E-state index in [4.69, 9.17) is 4.98 Å². The summed E-state index contributed by atoms with van der Waals surface area (Å²) < 4.78 is 15.0. The van der Waals surface area contributed by atoms with Gasteiger partial charge in [0, 0.05) is 12.7 Å². The summed E-state index contributed by atoms with van der Waals surface area (Å²) in [5, 5.41) is 14.4. The van der Waals surface area contributed by atoms with Crippen LogP contribution in [-0.4, -0.2) is 37.5 Å². The molecule has 1 aliphatic rings. The van der Waals surface area contributed by atoms with Crippen LogP contribution in [0, 0.1) is 12.7 Å². The standard InChI is InChI=1S/C19H20FN5O/c1-13-9-22-25(12-13)19-11-21-10-18(23-19)24-7-6-16(26)8-17(24)14-2-4-15(20)5-3-14/h2-5,9-12,16-17,26H,6-8H2,1H3. The van der Waals surface area contributed by atoms with Crippen LogP contribution in [0.1, 0.15) is 30.0 Å². The topological polar surface area (TPSA) is 67.1 Å². The number of rotatable bonds is 3. The first-order valence-electron chi connectivity index (χ1n) is 8.64. The van der Waals surface area contributed by atoms with Gasteiger partial charge in [-0.25, -0.2) is 14.1 Å². The summed E-state index contributed by atoms with van der Waals surface area (Å²) in [4.78, 5) is 11.1. The molecule has 1 fully saturated rings. The summed E-state index contributed by atoms with van der Waals surface area (Å²) in [7, 11) is 0. The maximum Gasteiger partial charge on any atom is 0.173 e. The first-order chi connectivity index (χ1) is 12.6. The Morgan fingerprint density at radius 1 is 1.12 bits per heavy atom. The zero-order chi connectivity index (χ0) is 18.1. The van der Waals surface area contributed by atoms with E-state index in [1.54, 1.807) is 35.4 Å². The number of halogens is 1. The smallest absolute Gasteiger partial charge is 0.173 e. The summed E-state index contributed by atoms with van der Waals surface area (Å²) >= 11 is 0. The summed E-state index contributed by atoms with van der Waals surface area (Å²) in [6.45, 7) is 2.62. The van der Waals surface area contributed by atoms with Gasteiger partial charge in [-0.3, -0.25) is 4.98 Å². The minimum absolute atomic E-state index is 0.0803. The zero-order valence-corrected chi connectivity index (χ0v) is 14.5. The molecule has 2 aromatic heterocycles. The molecule has 0 aliphatic carbocycles. The highest BCUT2D eigenvalue weighted by molar-refractivity contribution is 5.44. The predicted octanol–water partition coefficient (Wildman–Crippen LogP) is 2.81. The number of nitrogens with zero attached hydrogens (tertiary/aromatic N) is 5. The second kappa shape index (κ2) is 6.84. The van der Waals surface area contributed by atoms with Gasteiger partial charge in [0.15, 0.2) is 5.82 Å². The SMILES string of the molecule is Cc1cnn(-c2cncc(N3CCC(O)CC3c3ccc(F)cc3)n2)c1. The largest absolute Gasteiger partial charge is 0.393 e. The lowest BCUT2D eigenvalue weighted by molar-refractivity contribution is 0.128. The molecule has 1 aromatic carbocycles. The molecule has 6 nitrogen and oxygen atoms in total. The summed E-state index contributed by atoms with van der Waals surface area (Å²) in [6, 6.07) is 6.34. The fourth-order valence-electron chi connectivity index (χ4n) is 3.35. The van der Waals surface area contributed by atoms with Gasteiger partial charge in [0.05, 0.1) is 30.7 Å². The lowest BCUT2D eigenvalue weighted by atomic mass is 9.93. The van der Waals surface area contributed by atoms with E-state index < -0.39 is 0 Å². The summed E-state index contributed by atoms with van der Waals surface area (Å²) in [5.74, 6) is 1.09. The molecule has 4 rings (SSSR count). The Labute approximate surface area is 150 Å². The maximum atomic E-state index is 13.3. The van der Waals surface area contributed by atoms with Gasteiger partial charge in [0.25, 0.3) is 0 Å². The molecular formula is C19H20FN5O. The van der Waals surface area contributed by atoms with Gasteiger partial charge in [-0.05, 0) is 43.0 Å². The Kier molecular flexibility index (Phi) is 4.38. The Bertz CT molecular complexity index is 895. The molecule has 0 radical (unpaired) electrons. The van der Waals surface area contributed by atoms with Crippen LogP contribution in [0.3, 0.4) is 0 Å². The van der Waals surface area contributed by atoms with E-state index in [9.17, 15) is 9.50 Å². The minimum atomic E-state index is -0.383. The number of aliphatic hydroxyl groups is 1. The van der Waals surface area contributed by atoms with E-state index in [0.717, 1.165) is 16.9 Å². The number of benzene rings is 1. The molecule has 1 N–H and O–H groups in total. The van der Waals surface area contributed by atoms with Crippen molar-refractivity contribution in [2.24, 2.45) is 0 Å². The molecule has 3 heterocycles. The van der Waals surface area contributed by atoms with Crippen LogP contribution in [0.25, 0.3) is 5.82 Å². The molecule has 134 valence electrons. The van der Waals surface area contributed by atoms with Gasteiger partial charge < -0.3 is 10.0 Å². The van der Waals surface area contributed by atoms with Crippen LogP contribution in [0.2, 0.25) is 0 Å². The van der Waals surface area contributed by atoms with Crippen LogP contribution in [0.5, 0.6) is 0 Å². The van der Waals surface area contributed by atoms with Crippen molar-refractivity contribution in [3.63, 3.8) is 0 Å². The molecule has 1 saturated heterocycles. The minimum Gasteiger partial charge on any atom is -0.393 e. The van der Waals surface area contributed by atoms with Crippen molar-refractivity contribution in [3.05, 3.63) is 66.0 Å². The number of aliphatic hydroxyl groups excluding tert-OH is 1. The van der Waals surface area contributed by atoms with Crippen molar-refractivity contribution in [3.8, 4) is 5.82 Å². The van der Waals surface area contributed by atoms with Gasteiger partial charge in [0.1, 0.15) is 11.6 Å². The summed E-state index contributed by atoms with van der Waals surface area (Å²) in [6.07, 6.45) is 7.89. The average molecular weight is 353 g/mol. The molecule has 7 heteroatoms. The van der Waals surface area contributed by atoms with Gasteiger partial charge in [-0.2, -0.15) is 5.10 Å². The molecule has 0 spiro atoms. The molecule has 1 aliphatic heterocycles. The maximum absolute atomic E-state index is 13.3. The van der Waals surface area contributed by atoms with Crippen molar-refractivity contribution in [1.82, 2.24) is 19.7 Å². The van der Waals surface area contributed by atoms with Crippen LogP contribution in [0.15, 0.2) is 49.1 Å². The van der Waals surface area contributed by atoms with E-state index in [0.29, 0.717) is 25.2 Å². The third-order valence-electron chi connectivity index (χ3n) is 4.68. The Morgan fingerprint density at radius 2 is 1.88 bits per heavy atom. The first-order valence-corrected chi connectivity index (χ1v) is 8.64. The fourth-order valence-corrected chi connectivity index (χ4v) is 3.35. The highest BCUT2D eigenvalue weighted by Crippen LogP contribution is 2.34. The van der Waals surface area contributed by atoms with Crippen molar-refractivity contribution >= 4 is 5.82 Å². The highest BCUT2D eigenvalue weighted by Gasteiger charge is 2.30. The number of anilines is 1.